The quantitative estimate of drug-likeness (QED) is 0.448. The average Bonchev–Trinajstić information content (AvgIpc) is 2.82. The van der Waals surface area contributed by atoms with E-state index in [4.69, 9.17) is 4.74 Å². The van der Waals surface area contributed by atoms with Gasteiger partial charge in [-0.2, -0.15) is 0 Å². The van der Waals surface area contributed by atoms with Gasteiger partial charge in [0.25, 0.3) is 0 Å². The Morgan fingerprint density at radius 1 is 0.767 bits per heavy atom. The van der Waals surface area contributed by atoms with Crippen LogP contribution in [0.2, 0.25) is 0 Å². The van der Waals surface area contributed by atoms with Gasteiger partial charge in [0.1, 0.15) is 0 Å². The second-order valence-electron chi connectivity index (χ2n) is 6.89. The van der Waals surface area contributed by atoms with Crippen molar-refractivity contribution in [2.45, 2.75) is 19.4 Å². The Kier molecular flexibility index (Phi) is 5.66. The van der Waals surface area contributed by atoms with Crippen molar-refractivity contribution < 1.29 is 4.74 Å². The summed E-state index contributed by atoms with van der Waals surface area (Å²) < 4.78 is 5.54. The molecular weight excluding hydrogens is 374 g/mol. The van der Waals surface area contributed by atoms with Gasteiger partial charge in [0.05, 0.1) is 35.9 Å². The smallest absolute Gasteiger partial charge is 0.213 e. The number of hydrogen-bond acceptors (Lipinski definition) is 6. The predicted molar refractivity (Wildman–Crippen MR) is 117 cm³/mol. The van der Waals surface area contributed by atoms with Crippen LogP contribution in [-0.2, 0) is 5.54 Å². The van der Waals surface area contributed by atoms with Gasteiger partial charge in [-0.05, 0) is 44.2 Å². The van der Waals surface area contributed by atoms with E-state index < -0.39 is 5.54 Å². The number of pyridine rings is 4. The fourth-order valence-electron chi connectivity index (χ4n) is 3.62. The molecule has 4 rings (SSSR count). The van der Waals surface area contributed by atoms with E-state index in [-0.39, 0.29) is 0 Å². The van der Waals surface area contributed by atoms with Gasteiger partial charge < -0.3 is 9.64 Å². The first-order valence-electron chi connectivity index (χ1n) is 9.83. The molecule has 0 radical (unpaired) electrons. The van der Waals surface area contributed by atoms with Gasteiger partial charge in [0.15, 0.2) is 0 Å². The van der Waals surface area contributed by atoms with E-state index >= 15 is 0 Å². The zero-order valence-electron chi connectivity index (χ0n) is 17.0. The van der Waals surface area contributed by atoms with Crippen molar-refractivity contribution in [1.29, 1.82) is 0 Å². The second kappa shape index (κ2) is 8.69. The minimum Gasteiger partial charge on any atom is -0.478 e. The molecule has 4 aromatic heterocycles. The molecule has 0 spiro atoms. The van der Waals surface area contributed by atoms with Crippen LogP contribution in [0, 0.1) is 0 Å². The van der Waals surface area contributed by atoms with E-state index in [1.54, 1.807) is 18.6 Å². The summed E-state index contributed by atoms with van der Waals surface area (Å²) >= 11 is 0. The summed E-state index contributed by atoms with van der Waals surface area (Å²) in [4.78, 5) is 19.8. The van der Waals surface area contributed by atoms with E-state index in [2.05, 4.69) is 43.9 Å². The van der Waals surface area contributed by atoms with Crippen LogP contribution in [0.3, 0.4) is 0 Å². The number of rotatable bonds is 7. The lowest BCUT2D eigenvalue weighted by Gasteiger charge is -2.43. The third-order valence-electron chi connectivity index (χ3n) is 5.07. The van der Waals surface area contributed by atoms with Crippen LogP contribution in [-0.4, -0.2) is 26.5 Å². The molecule has 0 N–H and O–H groups in total. The summed E-state index contributed by atoms with van der Waals surface area (Å²) in [6.07, 6.45) is 12.8. The highest BCUT2D eigenvalue weighted by Crippen LogP contribution is 2.43. The van der Waals surface area contributed by atoms with Crippen LogP contribution in [0.25, 0.3) is 0 Å². The van der Waals surface area contributed by atoms with Crippen molar-refractivity contribution in [3.05, 3.63) is 103 Å². The van der Waals surface area contributed by atoms with E-state index in [1.165, 1.54) is 0 Å². The molecule has 0 aliphatic carbocycles. The van der Waals surface area contributed by atoms with Gasteiger partial charge in [-0.3, -0.25) is 15.0 Å². The van der Waals surface area contributed by atoms with Crippen molar-refractivity contribution in [3.63, 3.8) is 0 Å². The zero-order valence-corrected chi connectivity index (χ0v) is 17.0. The van der Waals surface area contributed by atoms with Gasteiger partial charge in [-0.25, -0.2) is 4.98 Å². The molecule has 0 saturated heterocycles. The van der Waals surface area contributed by atoms with Gasteiger partial charge >= 0.3 is 0 Å². The third-order valence-corrected chi connectivity index (χ3v) is 5.07. The summed E-state index contributed by atoms with van der Waals surface area (Å²) in [6, 6.07) is 15.9. The summed E-state index contributed by atoms with van der Waals surface area (Å²) in [5.74, 6) is 0.594. The molecule has 0 bridgehead atoms. The first kappa shape index (κ1) is 19.5. The second-order valence-corrected chi connectivity index (χ2v) is 6.89. The molecular formula is C24H23N5O. The fraction of sp³-hybridized carbons (Fsp3) is 0.167. The average molecular weight is 397 g/mol. The van der Waals surface area contributed by atoms with Crippen LogP contribution >= 0.6 is 0 Å². The molecule has 0 unspecified atom stereocenters. The van der Waals surface area contributed by atoms with Gasteiger partial charge in [-0.1, -0.05) is 12.1 Å². The van der Waals surface area contributed by atoms with Gasteiger partial charge in [0.2, 0.25) is 5.88 Å². The van der Waals surface area contributed by atoms with Crippen molar-refractivity contribution in [2.24, 2.45) is 0 Å². The minimum atomic E-state index is -0.611. The Morgan fingerprint density at radius 2 is 1.37 bits per heavy atom. The Balaban J connectivity index is 1.95. The van der Waals surface area contributed by atoms with E-state index in [0.29, 0.717) is 12.5 Å². The lowest BCUT2D eigenvalue weighted by molar-refractivity contribution is 0.327. The molecule has 0 aliphatic heterocycles. The third kappa shape index (κ3) is 3.72. The largest absolute Gasteiger partial charge is 0.478 e. The molecule has 6 nitrogen and oxygen atoms in total. The lowest BCUT2D eigenvalue weighted by atomic mass is 9.83. The van der Waals surface area contributed by atoms with Crippen LogP contribution in [0.1, 0.15) is 25.0 Å². The van der Waals surface area contributed by atoms with Crippen LogP contribution in [0.15, 0.2) is 91.9 Å². The molecule has 0 atom stereocenters. The molecule has 0 aromatic carbocycles. The molecule has 4 heterocycles. The molecule has 0 saturated carbocycles. The summed E-state index contributed by atoms with van der Waals surface area (Å²) in [7, 11) is 0. The minimum absolute atomic E-state index is 0.571. The number of ether oxygens (including phenoxy) is 1. The van der Waals surface area contributed by atoms with Crippen LogP contribution in [0.5, 0.6) is 5.88 Å². The predicted octanol–water partition coefficient (Wildman–Crippen LogP) is 4.77. The Bertz CT molecular complexity index is 1020. The van der Waals surface area contributed by atoms with Crippen LogP contribution < -0.4 is 9.64 Å². The first-order chi connectivity index (χ1) is 14.7. The Morgan fingerprint density at radius 3 is 1.83 bits per heavy atom. The van der Waals surface area contributed by atoms with Crippen molar-refractivity contribution in [1.82, 2.24) is 19.9 Å². The van der Waals surface area contributed by atoms with Crippen molar-refractivity contribution >= 4 is 11.4 Å². The zero-order chi connectivity index (χ0) is 20.8. The fourth-order valence-corrected chi connectivity index (χ4v) is 3.62. The maximum atomic E-state index is 5.54. The standard InChI is InChI=1S/C24H23N5O/c1-3-30-23-11-10-22(18-28-23)29(21-9-6-14-27-17-21)24(2,19-7-4-12-25-15-19)20-8-5-13-26-16-20/h4-18H,3H2,1-2H3. The van der Waals surface area contributed by atoms with E-state index in [9.17, 15) is 0 Å². The summed E-state index contributed by atoms with van der Waals surface area (Å²) in [5.41, 5.74) is 3.27. The highest BCUT2D eigenvalue weighted by atomic mass is 16.5. The van der Waals surface area contributed by atoms with E-state index in [0.717, 1.165) is 22.5 Å². The summed E-state index contributed by atoms with van der Waals surface area (Å²) in [6.45, 7) is 4.67. The SMILES string of the molecule is CCOc1ccc(N(c2cccnc2)C(C)(c2cccnc2)c2cccnc2)cn1. The van der Waals surface area contributed by atoms with Gasteiger partial charge in [-0.15, -0.1) is 0 Å². The van der Waals surface area contributed by atoms with Crippen molar-refractivity contribution in [2.75, 3.05) is 11.5 Å². The number of nitrogens with zero attached hydrogens (tertiary/aromatic N) is 5. The molecule has 30 heavy (non-hydrogen) atoms. The maximum absolute atomic E-state index is 5.54. The number of anilines is 2. The van der Waals surface area contributed by atoms with E-state index in [1.807, 2.05) is 68.1 Å². The Hall–Kier alpha value is -3.80. The molecule has 0 aliphatic rings. The highest BCUT2D eigenvalue weighted by molar-refractivity contribution is 5.68. The maximum Gasteiger partial charge on any atom is 0.213 e. The highest BCUT2D eigenvalue weighted by Gasteiger charge is 2.38. The molecule has 0 fully saturated rings. The first-order valence-corrected chi connectivity index (χ1v) is 9.83. The molecule has 150 valence electrons. The molecule has 6 heteroatoms. The van der Waals surface area contributed by atoms with Crippen molar-refractivity contribution in [3.8, 4) is 5.88 Å². The summed E-state index contributed by atoms with van der Waals surface area (Å²) in [5, 5.41) is 0. The number of aromatic nitrogens is 4. The van der Waals surface area contributed by atoms with Gasteiger partial charge in [0, 0.05) is 48.2 Å². The normalized spacial score (nSPS) is 11.1. The molecule has 4 aromatic rings. The topological polar surface area (TPSA) is 64.0 Å². The number of hydrogen-bond donors (Lipinski definition) is 0. The lowest BCUT2D eigenvalue weighted by Crippen LogP contribution is -2.42. The molecule has 0 amide bonds. The monoisotopic (exact) mass is 397 g/mol. The Labute approximate surface area is 176 Å². The van der Waals surface area contributed by atoms with Crippen LogP contribution in [0.4, 0.5) is 11.4 Å².